The third-order valence-electron chi connectivity index (χ3n) is 2.77. The number of hydrogen-bond acceptors (Lipinski definition) is 5. The number of aromatic nitrogens is 2. The van der Waals surface area contributed by atoms with Crippen LogP contribution in [0.5, 0.6) is 0 Å². The van der Waals surface area contributed by atoms with Crippen molar-refractivity contribution in [3.05, 3.63) is 39.6 Å². The summed E-state index contributed by atoms with van der Waals surface area (Å²) < 4.78 is 39.8. The number of aliphatic hydroxyl groups excluding tert-OH is 1. The molecule has 0 aliphatic heterocycles. The van der Waals surface area contributed by atoms with Crippen LogP contribution in [0, 0.1) is 3.57 Å². The largest absolute Gasteiger partial charge is 0.433 e. The highest BCUT2D eigenvalue weighted by Crippen LogP contribution is 2.31. The van der Waals surface area contributed by atoms with E-state index < -0.39 is 11.9 Å². The Labute approximate surface area is 144 Å². The van der Waals surface area contributed by atoms with Crippen molar-refractivity contribution in [2.24, 2.45) is 0 Å². The molecule has 3 N–H and O–H groups in total. The van der Waals surface area contributed by atoms with E-state index in [0.29, 0.717) is 12.1 Å². The Hall–Kier alpha value is -1.62. The van der Waals surface area contributed by atoms with Crippen LogP contribution in [0.1, 0.15) is 12.1 Å². The minimum Gasteiger partial charge on any atom is -0.396 e. The molecule has 0 unspecified atom stereocenters. The van der Waals surface area contributed by atoms with Gasteiger partial charge in [0.1, 0.15) is 5.82 Å². The number of benzene rings is 1. The Kier molecular flexibility index (Phi) is 5.99. The van der Waals surface area contributed by atoms with Gasteiger partial charge in [0.15, 0.2) is 5.69 Å². The maximum absolute atomic E-state index is 13.0. The van der Waals surface area contributed by atoms with E-state index in [9.17, 15) is 13.2 Å². The van der Waals surface area contributed by atoms with Crippen LogP contribution in [0.15, 0.2) is 30.3 Å². The molecule has 0 fully saturated rings. The Morgan fingerprint density at radius 1 is 1.17 bits per heavy atom. The minimum atomic E-state index is -4.57. The molecule has 124 valence electrons. The summed E-state index contributed by atoms with van der Waals surface area (Å²) in [6.07, 6.45) is -4.18. The van der Waals surface area contributed by atoms with Crippen molar-refractivity contribution in [3.8, 4) is 0 Å². The van der Waals surface area contributed by atoms with Crippen molar-refractivity contribution >= 4 is 40.0 Å². The highest BCUT2D eigenvalue weighted by Gasteiger charge is 2.33. The molecule has 1 heterocycles. The Bertz CT molecular complexity index is 667. The number of aliphatic hydroxyl groups is 1. The van der Waals surface area contributed by atoms with Crippen LogP contribution in [0.2, 0.25) is 0 Å². The van der Waals surface area contributed by atoms with E-state index in [1.165, 1.54) is 0 Å². The lowest BCUT2D eigenvalue weighted by Crippen LogP contribution is -2.14. The van der Waals surface area contributed by atoms with Crippen molar-refractivity contribution in [1.82, 2.24) is 9.97 Å². The first-order valence-corrected chi connectivity index (χ1v) is 7.80. The second-order valence-corrected chi connectivity index (χ2v) is 5.73. The molecule has 0 aliphatic carbocycles. The van der Waals surface area contributed by atoms with Crippen LogP contribution in [0.4, 0.5) is 30.6 Å². The topological polar surface area (TPSA) is 70.1 Å². The van der Waals surface area contributed by atoms with Gasteiger partial charge in [0.05, 0.1) is 5.69 Å². The molecule has 1 aromatic heterocycles. The quantitative estimate of drug-likeness (QED) is 0.475. The molecule has 2 rings (SSSR count). The van der Waals surface area contributed by atoms with Gasteiger partial charge in [-0.15, -0.1) is 0 Å². The predicted octanol–water partition coefficient (Wildman–Crippen LogP) is 3.64. The summed E-state index contributed by atoms with van der Waals surface area (Å²) >= 11 is 2.08. The summed E-state index contributed by atoms with van der Waals surface area (Å²) in [5, 5.41) is 14.3. The molecule has 0 saturated carbocycles. The van der Waals surface area contributed by atoms with Crippen molar-refractivity contribution in [1.29, 1.82) is 0 Å². The maximum atomic E-state index is 13.0. The average Bonchev–Trinajstić information content (AvgIpc) is 2.49. The Morgan fingerprint density at radius 3 is 2.57 bits per heavy atom. The zero-order valence-corrected chi connectivity index (χ0v) is 14.0. The van der Waals surface area contributed by atoms with Crippen molar-refractivity contribution in [3.63, 3.8) is 0 Å². The summed E-state index contributed by atoms with van der Waals surface area (Å²) in [7, 11) is 0. The van der Waals surface area contributed by atoms with E-state index in [4.69, 9.17) is 5.11 Å². The van der Waals surface area contributed by atoms with Crippen molar-refractivity contribution in [2.75, 3.05) is 23.8 Å². The van der Waals surface area contributed by atoms with E-state index in [1.807, 2.05) is 12.1 Å². The molecule has 0 aliphatic rings. The third kappa shape index (κ3) is 5.20. The van der Waals surface area contributed by atoms with E-state index >= 15 is 0 Å². The third-order valence-corrected chi connectivity index (χ3v) is 3.71. The second kappa shape index (κ2) is 7.77. The Balaban J connectivity index is 2.30. The normalized spacial score (nSPS) is 11.3. The monoisotopic (exact) mass is 438 g/mol. The van der Waals surface area contributed by atoms with Gasteiger partial charge in [0.25, 0.3) is 0 Å². The molecule has 0 bridgehead atoms. The smallest absolute Gasteiger partial charge is 0.396 e. The number of anilines is 3. The molecule has 9 heteroatoms. The first-order valence-electron chi connectivity index (χ1n) is 6.72. The van der Waals surface area contributed by atoms with Gasteiger partial charge in [-0.1, -0.05) is 12.1 Å². The van der Waals surface area contributed by atoms with Gasteiger partial charge in [-0.2, -0.15) is 18.2 Å². The van der Waals surface area contributed by atoms with Gasteiger partial charge in [-0.3, -0.25) is 0 Å². The van der Waals surface area contributed by atoms with Crippen LogP contribution in [-0.2, 0) is 6.18 Å². The van der Waals surface area contributed by atoms with E-state index in [0.717, 1.165) is 9.64 Å². The van der Waals surface area contributed by atoms with Crippen molar-refractivity contribution in [2.45, 2.75) is 12.6 Å². The highest BCUT2D eigenvalue weighted by molar-refractivity contribution is 14.1. The van der Waals surface area contributed by atoms with Gasteiger partial charge in [-0.25, -0.2) is 4.98 Å². The predicted molar refractivity (Wildman–Crippen MR) is 89.7 cm³/mol. The van der Waals surface area contributed by atoms with Gasteiger partial charge in [0, 0.05) is 22.8 Å². The molecule has 1 aromatic carbocycles. The molecule has 0 spiro atoms. The second-order valence-electron chi connectivity index (χ2n) is 4.57. The molecule has 0 saturated heterocycles. The first kappa shape index (κ1) is 17.7. The van der Waals surface area contributed by atoms with Crippen LogP contribution in [0.25, 0.3) is 0 Å². The fourth-order valence-corrected chi connectivity index (χ4v) is 2.24. The number of alkyl halides is 3. The minimum absolute atomic E-state index is 0.0444. The lowest BCUT2D eigenvalue weighted by molar-refractivity contribution is -0.141. The number of halogens is 4. The number of hydrogen-bond donors (Lipinski definition) is 3. The summed E-state index contributed by atoms with van der Waals surface area (Å²) in [6.45, 7) is 0.208. The first-order chi connectivity index (χ1) is 10.9. The average molecular weight is 438 g/mol. The summed E-state index contributed by atoms with van der Waals surface area (Å²) in [5.74, 6) is -0.0929. The van der Waals surface area contributed by atoms with Crippen LogP contribution in [0.3, 0.4) is 0 Å². The van der Waals surface area contributed by atoms with E-state index in [1.54, 1.807) is 12.1 Å². The zero-order chi connectivity index (χ0) is 16.9. The highest BCUT2D eigenvalue weighted by atomic mass is 127. The lowest BCUT2D eigenvalue weighted by atomic mass is 10.3. The summed E-state index contributed by atoms with van der Waals surface area (Å²) in [6, 6.07) is 8.04. The van der Waals surface area contributed by atoms with Crippen molar-refractivity contribution < 1.29 is 18.3 Å². The molecule has 0 atom stereocenters. The fourth-order valence-electron chi connectivity index (χ4n) is 1.72. The molecule has 0 amide bonds. The van der Waals surface area contributed by atoms with E-state index in [-0.39, 0.29) is 24.9 Å². The standard InChI is InChI=1S/C14H14F3IN4O/c15-14(16,17)11-8-12(20-10-5-2-1-4-9(10)18)22-13(21-11)19-6-3-7-23/h1-2,4-5,8,23H,3,6-7H2,(H2,19,20,21,22). The molecule has 0 radical (unpaired) electrons. The van der Waals surface area contributed by atoms with Gasteiger partial charge in [-0.05, 0) is 41.1 Å². The zero-order valence-electron chi connectivity index (χ0n) is 11.9. The number of nitrogens with one attached hydrogen (secondary N) is 2. The molecular formula is C14H14F3IN4O. The Morgan fingerprint density at radius 2 is 1.91 bits per heavy atom. The maximum Gasteiger partial charge on any atom is 0.433 e. The number of nitrogens with zero attached hydrogens (tertiary/aromatic N) is 2. The van der Waals surface area contributed by atoms with Gasteiger partial charge < -0.3 is 15.7 Å². The lowest BCUT2D eigenvalue weighted by Gasteiger charge is -2.13. The molecular weight excluding hydrogens is 424 g/mol. The van der Waals surface area contributed by atoms with Crippen LogP contribution >= 0.6 is 22.6 Å². The molecule has 23 heavy (non-hydrogen) atoms. The summed E-state index contributed by atoms with van der Waals surface area (Å²) in [4.78, 5) is 7.51. The summed E-state index contributed by atoms with van der Waals surface area (Å²) in [5.41, 5.74) is -0.381. The SMILES string of the molecule is OCCCNc1nc(Nc2ccccc2I)cc(C(F)(F)F)n1. The molecule has 5 nitrogen and oxygen atoms in total. The fraction of sp³-hybridized carbons (Fsp3) is 0.286. The van der Waals surface area contributed by atoms with E-state index in [2.05, 4.69) is 43.2 Å². The number of rotatable bonds is 6. The molecule has 2 aromatic rings. The van der Waals surface area contributed by atoms with Gasteiger partial charge in [0.2, 0.25) is 5.95 Å². The van der Waals surface area contributed by atoms with Gasteiger partial charge >= 0.3 is 6.18 Å². The van der Waals surface area contributed by atoms with Crippen LogP contribution < -0.4 is 10.6 Å². The van der Waals surface area contributed by atoms with Crippen LogP contribution in [-0.4, -0.2) is 28.2 Å². The number of para-hydroxylation sites is 1.